The topological polar surface area (TPSA) is 67.2 Å². The number of nitrogens with one attached hydrogen (secondary N) is 2. The minimum absolute atomic E-state index is 0.191. The fourth-order valence-electron chi connectivity index (χ4n) is 2.92. The second-order valence-electron chi connectivity index (χ2n) is 5.93. The molecule has 118 valence electrons. The van der Waals surface area contributed by atoms with E-state index in [1.165, 1.54) is 64.0 Å². The van der Waals surface area contributed by atoms with Crippen molar-refractivity contribution < 1.29 is 9.32 Å². The molecule has 0 aromatic carbocycles. The average Bonchev–Trinajstić information content (AvgIpc) is 2.94. The standard InChI is InChI=1S/C16H27N3O2/c20-16(19-15-12-13-17-21-15)18-14-10-8-6-4-2-1-3-5-7-9-11-14/h12-14H,1-11H2,(H2,18,19,20). The molecule has 5 nitrogen and oxygen atoms in total. The first kappa shape index (κ1) is 15.9. The highest BCUT2D eigenvalue weighted by molar-refractivity contribution is 5.87. The molecule has 21 heavy (non-hydrogen) atoms. The predicted octanol–water partition coefficient (Wildman–Crippen LogP) is 4.47. The number of hydrogen-bond acceptors (Lipinski definition) is 3. The van der Waals surface area contributed by atoms with Gasteiger partial charge >= 0.3 is 6.03 Å². The molecule has 1 aromatic rings. The molecule has 1 aliphatic rings. The molecule has 5 heteroatoms. The molecular weight excluding hydrogens is 266 g/mol. The van der Waals surface area contributed by atoms with Gasteiger partial charge in [-0.1, -0.05) is 62.9 Å². The highest BCUT2D eigenvalue weighted by Gasteiger charge is 2.13. The Bertz CT molecular complexity index is 380. The van der Waals surface area contributed by atoms with Gasteiger partial charge in [0, 0.05) is 12.1 Å². The zero-order chi connectivity index (χ0) is 14.8. The van der Waals surface area contributed by atoms with Gasteiger partial charge in [-0.2, -0.15) is 0 Å². The number of urea groups is 1. The molecule has 1 heterocycles. The van der Waals surface area contributed by atoms with Gasteiger partial charge in [-0.3, -0.25) is 5.32 Å². The van der Waals surface area contributed by atoms with Gasteiger partial charge in [0.2, 0.25) is 5.88 Å². The van der Waals surface area contributed by atoms with Gasteiger partial charge in [0.1, 0.15) is 0 Å². The van der Waals surface area contributed by atoms with Crippen molar-refractivity contribution in [2.24, 2.45) is 0 Å². The van der Waals surface area contributed by atoms with Crippen LogP contribution in [0.5, 0.6) is 0 Å². The Kier molecular flexibility index (Phi) is 7.12. The van der Waals surface area contributed by atoms with Gasteiger partial charge < -0.3 is 9.84 Å². The molecule has 0 unspecified atom stereocenters. The smallest absolute Gasteiger partial charge is 0.321 e. The first-order valence-electron chi connectivity index (χ1n) is 8.33. The van der Waals surface area contributed by atoms with Crippen molar-refractivity contribution in [1.82, 2.24) is 10.5 Å². The van der Waals surface area contributed by atoms with Crippen LogP contribution in [-0.2, 0) is 0 Å². The summed E-state index contributed by atoms with van der Waals surface area (Å²) in [6.45, 7) is 0. The number of rotatable bonds is 2. The highest BCUT2D eigenvalue weighted by atomic mass is 16.5. The molecular formula is C16H27N3O2. The summed E-state index contributed by atoms with van der Waals surface area (Å²) < 4.78 is 4.88. The summed E-state index contributed by atoms with van der Waals surface area (Å²) in [5, 5.41) is 9.32. The van der Waals surface area contributed by atoms with E-state index in [4.69, 9.17) is 4.52 Å². The van der Waals surface area contributed by atoms with Crippen molar-refractivity contribution in [2.75, 3.05) is 5.32 Å². The largest absolute Gasteiger partial charge is 0.338 e. The molecule has 0 bridgehead atoms. The summed E-state index contributed by atoms with van der Waals surface area (Å²) in [5.74, 6) is 0.389. The normalized spacial score (nSPS) is 19.2. The monoisotopic (exact) mass is 293 g/mol. The first-order chi connectivity index (χ1) is 10.3. The third-order valence-electron chi connectivity index (χ3n) is 4.11. The summed E-state index contributed by atoms with van der Waals surface area (Å²) >= 11 is 0. The molecule has 0 atom stereocenters. The van der Waals surface area contributed by atoms with Crippen LogP contribution in [0.1, 0.15) is 70.6 Å². The first-order valence-corrected chi connectivity index (χ1v) is 8.33. The van der Waals surface area contributed by atoms with Gasteiger partial charge in [0.25, 0.3) is 0 Å². The van der Waals surface area contributed by atoms with E-state index in [0.29, 0.717) is 5.88 Å². The molecule has 0 spiro atoms. The lowest BCUT2D eigenvalue weighted by Crippen LogP contribution is -2.38. The van der Waals surface area contributed by atoms with Crippen molar-refractivity contribution in [3.05, 3.63) is 12.3 Å². The van der Waals surface area contributed by atoms with Crippen LogP contribution in [0.2, 0.25) is 0 Å². The molecule has 1 fully saturated rings. The van der Waals surface area contributed by atoms with Gasteiger partial charge in [-0.15, -0.1) is 0 Å². The Morgan fingerprint density at radius 2 is 1.57 bits per heavy atom. The van der Waals surface area contributed by atoms with Gasteiger partial charge in [-0.25, -0.2) is 4.79 Å². The van der Waals surface area contributed by atoms with Crippen molar-refractivity contribution in [3.63, 3.8) is 0 Å². The second kappa shape index (κ2) is 9.42. The number of hydrogen-bond donors (Lipinski definition) is 2. The van der Waals surface area contributed by atoms with E-state index in [-0.39, 0.29) is 12.1 Å². The third-order valence-corrected chi connectivity index (χ3v) is 4.11. The van der Waals surface area contributed by atoms with Crippen molar-refractivity contribution in [1.29, 1.82) is 0 Å². The van der Waals surface area contributed by atoms with E-state index in [9.17, 15) is 4.79 Å². The average molecular weight is 293 g/mol. The van der Waals surface area contributed by atoms with Crippen LogP contribution < -0.4 is 10.6 Å². The Hall–Kier alpha value is -1.52. The van der Waals surface area contributed by atoms with Crippen molar-refractivity contribution >= 4 is 11.9 Å². The highest BCUT2D eigenvalue weighted by Crippen LogP contribution is 2.17. The Labute approximate surface area is 126 Å². The number of anilines is 1. The molecule has 1 saturated carbocycles. The zero-order valence-electron chi connectivity index (χ0n) is 12.8. The molecule has 2 amide bonds. The van der Waals surface area contributed by atoms with E-state index in [1.807, 2.05) is 0 Å². The van der Waals surface area contributed by atoms with Crippen LogP contribution in [0.25, 0.3) is 0 Å². The number of nitrogens with zero attached hydrogens (tertiary/aromatic N) is 1. The lowest BCUT2D eigenvalue weighted by atomic mass is 9.98. The summed E-state index contributed by atoms with van der Waals surface area (Å²) in [6.07, 6.45) is 15.4. The fourth-order valence-corrected chi connectivity index (χ4v) is 2.92. The minimum Gasteiger partial charge on any atom is -0.338 e. The molecule has 1 aromatic heterocycles. The minimum atomic E-state index is -0.191. The van der Waals surface area contributed by atoms with Crippen LogP contribution in [-0.4, -0.2) is 17.2 Å². The number of carbonyl (C=O) groups excluding carboxylic acids is 1. The lowest BCUT2D eigenvalue weighted by molar-refractivity contribution is 0.245. The lowest BCUT2D eigenvalue weighted by Gasteiger charge is -2.19. The zero-order valence-corrected chi connectivity index (χ0v) is 12.8. The molecule has 0 aliphatic heterocycles. The maximum Gasteiger partial charge on any atom is 0.321 e. The van der Waals surface area contributed by atoms with E-state index in [1.54, 1.807) is 6.07 Å². The maximum atomic E-state index is 11.9. The van der Waals surface area contributed by atoms with Crippen LogP contribution >= 0.6 is 0 Å². The van der Waals surface area contributed by atoms with Crippen LogP contribution in [0.3, 0.4) is 0 Å². The quantitative estimate of drug-likeness (QED) is 0.845. The third kappa shape index (κ3) is 6.65. The Morgan fingerprint density at radius 1 is 1.00 bits per heavy atom. The number of carbonyl (C=O) groups is 1. The van der Waals surface area contributed by atoms with Gasteiger partial charge in [0.15, 0.2) is 0 Å². The SMILES string of the molecule is O=C(Nc1ccno1)NC1CCCCCCCCCCC1. The van der Waals surface area contributed by atoms with Crippen LogP contribution in [0.15, 0.2) is 16.8 Å². The predicted molar refractivity (Wildman–Crippen MR) is 83.2 cm³/mol. The van der Waals surface area contributed by atoms with E-state index >= 15 is 0 Å². The second-order valence-corrected chi connectivity index (χ2v) is 5.93. The van der Waals surface area contributed by atoms with Crippen molar-refractivity contribution in [3.8, 4) is 0 Å². The molecule has 1 aliphatic carbocycles. The van der Waals surface area contributed by atoms with Crippen molar-refractivity contribution in [2.45, 2.75) is 76.7 Å². The van der Waals surface area contributed by atoms with E-state index in [2.05, 4.69) is 15.8 Å². The molecule has 0 radical (unpaired) electrons. The fraction of sp³-hybridized carbons (Fsp3) is 0.750. The van der Waals surface area contributed by atoms with Gasteiger partial charge in [0.05, 0.1) is 6.20 Å². The Balaban J connectivity index is 1.75. The summed E-state index contributed by atoms with van der Waals surface area (Å²) in [7, 11) is 0. The maximum absolute atomic E-state index is 11.9. The number of amides is 2. The number of aromatic nitrogens is 1. The summed E-state index contributed by atoms with van der Waals surface area (Å²) in [5.41, 5.74) is 0. The molecule has 0 saturated heterocycles. The summed E-state index contributed by atoms with van der Waals surface area (Å²) in [6, 6.07) is 1.72. The molecule has 2 N–H and O–H groups in total. The van der Waals surface area contributed by atoms with Crippen LogP contribution in [0, 0.1) is 0 Å². The Morgan fingerprint density at radius 3 is 2.10 bits per heavy atom. The van der Waals surface area contributed by atoms with Crippen LogP contribution in [0.4, 0.5) is 10.7 Å². The molecule has 2 rings (SSSR count). The van der Waals surface area contributed by atoms with E-state index < -0.39 is 0 Å². The summed E-state index contributed by atoms with van der Waals surface area (Å²) in [4.78, 5) is 11.9. The van der Waals surface area contributed by atoms with Gasteiger partial charge in [-0.05, 0) is 12.8 Å². The van der Waals surface area contributed by atoms with E-state index in [0.717, 1.165) is 12.8 Å².